The molecule has 2 heterocycles. The number of aryl methyl sites for hydroxylation is 1. The summed E-state index contributed by atoms with van der Waals surface area (Å²) in [5.41, 5.74) is 3.58. The van der Waals surface area contributed by atoms with Gasteiger partial charge in [-0.3, -0.25) is 0 Å². The third-order valence-electron chi connectivity index (χ3n) is 4.96. The lowest BCUT2D eigenvalue weighted by Crippen LogP contribution is -2.51. The fraction of sp³-hybridized carbons (Fsp3) is 0.350. The lowest BCUT2D eigenvalue weighted by Gasteiger charge is -2.38. The Balaban J connectivity index is 1.30. The first kappa shape index (κ1) is 18.2. The van der Waals surface area contributed by atoms with Crippen LogP contribution in [-0.4, -0.2) is 43.0 Å². The summed E-state index contributed by atoms with van der Waals surface area (Å²) in [6, 6.07) is 12.0. The summed E-state index contributed by atoms with van der Waals surface area (Å²) in [6.07, 6.45) is 0. The molecule has 0 unspecified atom stereocenters. The Morgan fingerprint density at radius 3 is 2.67 bits per heavy atom. The lowest BCUT2D eigenvalue weighted by atomic mass is 10.1. The molecule has 1 N–H and O–H groups in total. The molecule has 2 aliphatic rings. The highest BCUT2D eigenvalue weighted by Crippen LogP contribution is 2.32. The molecule has 27 heavy (non-hydrogen) atoms. The largest absolute Gasteiger partial charge is 0.454 e. The number of rotatable bonds is 3. The van der Waals surface area contributed by atoms with Crippen LogP contribution in [0.15, 0.2) is 36.4 Å². The summed E-state index contributed by atoms with van der Waals surface area (Å²) in [7, 11) is 0. The van der Waals surface area contributed by atoms with Crippen LogP contribution in [0.3, 0.4) is 0 Å². The topological polar surface area (TPSA) is 37.0 Å². The molecule has 142 valence electrons. The third kappa shape index (κ3) is 4.06. The van der Waals surface area contributed by atoms with Crippen molar-refractivity contribution in [1.29, 1.82) is 0 Å². The predicted octanol–water partition coefficient (Wildman–Crippen LogP) is 3.57. The van der Waals surface area contributed by atoms with E-state index in [2.05, 4.69) is 28.1 Å². The predicted molar refractivity (Wildman–Crippen MR) is 112 cm³/mol. The van der Waals surface area contributed by atoms with Gasteiger partial charge in [-0.25, -0.2) is 0 Å². The van der Waals surface area contributed by atoms with Gasteiger partial charge in [-0.1, -0.05) is 23.7 Å². The van der Waals surface area contributed by atoms with E-state index in [1.165, 1.54) is 11.3 Å². The molecule has 7 heteroatoms. The second-order valence-corrected chi connectivity index (χ2v) is 7.57. The molecule has 4 rings (SSSR count). The maximum absolute atomic E-state index is 6.17. The normalized spacial score (nSPS) is 15.8. The van der Waals surface area contributed by atoms with Crippen molar-refractivity contribution in [3.05, 3.63) is 52.5 Å². The maximum atomic E-state index is 6.17. The van der Waals surface area contributed by atoms with Crippen LogP contribution >= 0.6 is 23.8 Å². The Hall–Kier alpha value is -2.18. The standard InChI is InChI=1S/C20H22ClN3O2S/c1-14-2-4-16(21)11-17(14)23-6-8-24(9-7-23)20(27)22-12-15-3-5-18-19(10-15)26-13-25-18/h2-5,10-11H,6-9,12-13H2,1H3,(H,22,27). The molecule has 1 fully saturated rings. The Labute approximate surface area is 169 Å². The number of anilines is 1. The number of benzene rings is 2. The van der Waals surface area contributed by atoms with Gasteiger partial charge < -0.3 is 24.6 Å². The molecule has 2 aromatic rings. The molecule has 0 atom stereocenters. The van der Waals surface area contributed by atoms with Gasteiger partial charge in [0, 0.05) is 43.4 Å². The molecule has 0 amide bonds. The Kier molecular flexibility index (Phi) is 5.27. The minimum absolute atomic E-state index is 0.293. The number of fused-ring (bicyclic) bond motifs is 1. The zero-order chi connectivity index (χ0) is 18.8. The van der Waals surface area contributed by atoms with Crippen LogP contribution in [0.5, 0.6) is 11.5 Å². The van der Waals surface area contributed by atoms with Crippen molar-refractivity contribution in [3.8, 4) is 11.5 Å². The summed E-state index contributed by atoms with van der Waals surface area (Å²) < 4.78 is 10.8. The van der Waals surface area contributed by atoms with Crippen molar-refractivity contribution in [2.75, 3.05) is 37.9 Å². The van der Waals surface area contributed by atoms with E-state index < -0.39 is 0 Å². The van der Waals surface area contributed by atoms with E-state index in [0.717, 1.165) is 53.4 Å². The van der Waals surface area contributed by atoms with Crippen LogP contribution in [0.1, 0.15) is 11.1 Å². The fourth-order valence-electron chi connectivity index (χ4n) is 3.41. The number of hydrogen-bond donors (Lipinski definition) is 1. The molecule has 0 aliphatic carbocycles. The summed E-state index contributed by atoms with van der Waals surface area (Å²) in [4.78, 5) is 4.59. The van der Waals surface area contributed by atoms with E-state index in [1.807, 2.05) is 30.3 Å². The van der Waals surface area contributed by atoms with Gasteiger partial charge in [0.1, 0.15) is 0 Å². The Morgan fingerprint density at radius 1 is 1.07 bits per heavy atom. The highest BCUT2D eigenvalue weighted by atomic mass is 35.5. The van der Waals surface area contributed by atoms with Crippen LogP contribution in [-0.2, 0) is 6.54 Å². The van der Waals surface area contributed by atoms with Crippen LogP contribution in [0.25, 0.3) is 0 Å². The van der Waals surface area contributed by atoms with Gasteiger partial charge in [-0.05, 0) is 54.5 Å². The first-order chi connectivity index (χ1) is 13.1. The van der Waals surface area contributed by atoms with E-state index in [9.17, 15) is 0 Å². The average Bonchev–Trinajstić information content (AvgIpc) is 3.16. The van der Waals surface area contributed by atoms with Crippen LogP contribution in [0, 0.1) is 6.92 Å². The van der Waals surface area contributed by atoms with Gasteiger partial charge in [0.15, 0.2) is 16.6 Å². The van der Waals surface area contributed by atoms with Gasteiger partial charge in [0.25, 0.3) is 0 Å². The van der Waals surface area contributed by atoms with E-state index in [4.69, 9.17) is 33.3 Å². The highest BCUT2D eigenvalue weighted by molar-refractivity contribution is 7.80. The molecule has 0 aromatic heterocycles. The van der Waals surface area contributed by atoms with Gasteiger partial charge >= 0.3 is 0 Å². The summed E-state index contributed by atoms with van der Waals surface area (Å²) in [5.74, 6) is 1.60. The monoisotopic (exact) mass is 403 g/mol. The Bertz CT molecular complexity index is 853. The smallest absolute Gasteiger partial charge is 0.231 e. The average molecular weight is 404 g/mol. The zero-order valence-electron chi connectivity index (χ0n) is 15.2. The van der Waals surface area contributed by atoms with Gasteiger partial charge in [-0.15, -0.1) is 0 Å². The molecule has 0 saturated carbocycles. The first-order valence-corrected chi connectivity index (χ1v) is 9.81. The molecule has 2 aliphatic heterocycles. The van der Waals surface area contributed by atoms with Crippen molar-refractivity contribution < 1.29 is 9.47 Å². The number of nitrogens with zero attached hydrogens (tertiary/aromatic N) is 2. The number of piperazine rings is 1. The maximum Gasteiger partial charge on any atom is 0.231 e. The first-order valence-electron chi connectivity index (χ1n) is 9.02. The second-order valence-electron chi connectivity index (χ2n) is 6.75. The van der Waals surface area contributed by atoms with E-state index in [1.54, 1.807) is 0 Å². The van der Waals surface area contributed by atoms with Gasteiger partial charge in [-0.2, -0.15) is 0 Å². The van der Waals surface area contributed by atoms with Crippen molar-refractivity contribution in [2.45, 2.75) is 13.5 Å². The van der Waals surface area contributed by atoms with E-state index >= 15 is 0 Å². The third-order valence-corrected chi connectivity index (χ3v) is 5.60. The fourth-order valence-corrected chi connectivity index (χ4v) is 3.84. The lowest BCUT2D eigenvalue weighted by molar-refractivity contribution is 0.174. The Morgan fingerprint density at radius 2 is 1.85 bits per heavy atom. The number of halogens is 1. The van der Waals surface area contributed by atoms with Crippen molar-refractivity contribution >= 4 is 34.6 Å². The number of hydrogen-bond acceptors (Lipinski definition) is 4. The molecular weight excluding hydrogens is 382 g/mol. The quantitative estimate of drug-likeness (QED) is 0.789. The molecule has 5 nitrogen and oxygen atoms in total. The number of ether oxygens (including phenoxy) is 2. The number of thiocarbonyl (C=S) groups is 1. The molecule has 0 spiro atoms. The van der Waals surface area contributed by atoms with Crippen LogP contribution in [0.2, 0.25) is 5.02 Å². The molecular formula is C20H22ClN3O2S. The minimum atomic E-state index is 0.293. The SMILES string of the molecule is Cc1ccc(Cl)cc1N1CCN(C(=S)NCc2ccc3c(c2)OCO3)CC1. The van der Waals surface area contributed by atoms with Crippen molar-refractivity contribution in [3.63, 3.8) is 0 Å². The molecule has 2 aromatic carbocycles. The minimum Gasteiger partial charge on any atom is -0.454 e. The molecule has 0 radical (unpaired) electrons. The van der Waals surface area contributed by atoms with Crippen molar-refractivity contribution in [1.82, 2.24) is 10.2 Å². The highest BCUT2D eigenvalue weighted by Gasteiger charge is 2.20. The molecule has 1 saturated heterocycles. The van der Waals surface area contributed by atoms with Gasteiger partial charge in [0.05, 0.1) is 0 Å². The summed E-state index contributed by atoms with van der Waals surface area (Å²) >= 11 is 11.8. The second kappa shape index (κ2) is 7.82. The van der Waals surface area contributed by atoms with E-state index in [-0.39, 0.29) is 0 Å². The number of nitrogens with one attached hydrogen (secondary N) is 1. The van der Waals surface area contributed by atoms with E-state index in [0.29, 0.717) is 13.3 Å². The molecule has 0 bridgehead atoms. The van der Waals surface area contributed by atoms with Crippen molar-refractivity contribution in [2.24, 2.45) is 0 Å². The summed E-state index contributed by atoms with van der Waals surface area (Å²) in [5, 5.41) is 4.92. The van der Waals surface area contributed by atoms with Crippen LogP contribution < -0.4 is 19.7 Å². The summed E-state index contributed by atoms with van der Waals surface area (Å²) in [6.45, 7) is 6.71. The van der Waals surface area contributed by atoms with Gasteiger partial charge in [0.2, 0.25) is 6.79 Å². The zero-order valence-corrected chi connectivity index (χ0v) is 16.8. The van der Waals surface area contributed by atoms with Crippen LogP contribution in [0.4, 0.5) is 5.69 Å².